The average molecular weight is 539 g/mol. The Morgan fingerprint density at radius 1 is 0.692 bits per heavy atom. The lowest BCUT2D eigenvalue weighted by Crippen LogP contribution is -2.30. The molecule has 1 saturated carbocycles. The number of aryl methyl sites for hydroxylation is 1. The first-order valence-corrected chi connectivity index (χ1v) is 14.7. The summed E-state index contributed by atoms with van der Waals surface area (Å²) < 4.78 is 12.7. The monoisotopic (exact) mass is 538 g/mol. The molecule has 1 fully saturated rings. The van der Waals surface area contributed by atoms with Crippen molar-refractivity contribution in [3.8, 4) is 0 Å². The van der Waals surface area contributed by atoms with Crippen LogP contribution >= 0.6 is 11.6 Å². The van der Waals surface area contributed by atoms with E-state index in [4.69, 9.17) is 21.1 Å². The van der Waals surface area contributed by atoms with Crippen LogP contribution in [0.25, 0.3) is 0 Å². The molecule has 1 aliphatic carbocycles. The van der Waals surface area contributed by atoms with Crippen molar-refractivity contribution in [3.05, 3.63) is 142 Å². The fraction of sp³-hybridized carbons (Fsp3) is 0.333. The van der Waals surface area contributed by atoms with Crippen LogP contribution in [0.3, 0.4) is 0 Å². The number of rotatable bonds is 11. The predicted octanol–water partition coefficient (Wildman–Crippen LogP) is 9.18. The minimum absolute atomic E-state index is 0.204. The molecule has 0 saturated heterocycles. The topological polar surface area (TPSA) is 18.5 Å². The third kappa shape index (κ3) is 8.05. The van der Waals surface area contributed by atoms with Gasteiger partial charge in [0.25, 0.3) is 0 Å². The van der Waals surface area contributed by atoms with Gasteiger partial charge >= 0.3 is 0 Å². The quantitative estimate of drug-likeness (QED) is 0.189. The van der Waals surface area contributed by atoms with Crippen LogP contribution in [0.5, 0.6) is 0 Å². The third-order valence-corrected chi connectivity index (χ3v) is 8.29. The predicted molar refractivity (Wildman–Crippen MR) is 161 cm³/mol. The highest BCUT2D eigenvalue weighted by molar-refractivity contribution is 6.31. The molecule has 0 aromatic heterocycles. The van der Waals surface area contributed by atoms with E-state index in [-0.39, 0.29) is 6.10 Å². The molecule has 0 spiro atoms. The largest absolute Gasteiger partial charge is 0.376 e. The van der Waals surface area contributed by atoms with Gasteiger partial charge in [-0.3, -0.25) is 0 Å². The maximum atomic E-state index is 6.70. The summed E-state index contributed by atoms with van der Waals surface area (Å²) in [6, 6.07) is 36.5. The van der Waals surface area contributed by atoms with Crippen LogP contribution in [0.4, 0.5) is 0 Å². The molecule has 0 bridgehead atoms. The van der Waals surface area contributed by atoms with E-state index < -0.39 is 0 Å². The zero-order valence-electron chi connectivity index (χ0n) is 22.9. The van der Waals surface area contributed by atoms with Gasteiger partial charge in [-0.15, -0.1) is 0 Å². The first-order valence-electron chi connectivity index (χ1n) is 14.3. The summed E-state index contributed by atoms with van der Waals surface area (Å²) in [5.74, 6) is 0.872. The van der Waals surface area contributed by atoms with E-state index in [2.05, 4.69) is 104 Å². The summed E-state index contributed by atoms with van der Waals surface area (Å²) in [4.78, 5) is 0. The normalized spacial score (nSPS) is 19.2. The van der Waals surface area contributed by atoms with Crippen molar-refractivity contribution in [1.29, 1.82) is 0 Å². The highest BCUT2D eigenvalue weighted by Crippen LogP contribution is 2.39. The number of halogens is 1. The Morgan fingerprint density at radius 3 is 2.05 bits per heavy atom. The highest BCUT2D eigenvalue weighted by atomic mass is 35.5. The molecule has 0 radical (unpaired) electrons. The zero-order chi connectivity index (χ0) is 26.9. The van der Waals surface area contributed by atoms with Gasteiger partial charge in [0.2, 0.25) is 0 Å². The number of ether oxygens (including phenoxy) is 2. The molecule has 2 nitrogen and oxygen atoms in total. The molecule has 0 heterocycles. The minimum atomic E-state index is 0.204. The van der Waals surface area contributed by atoms with Crippen molar-refractivity contribution in [3.63, 3.8) is 0 Å². The average Bonchev–Trinajstić information content (AvgIpc) is 2.98. The van der Waals surface area contributed by atoms with E-state index in [1.54, 1.807) is 0 Å². The van der Waals surface area contributed by atoms with Crippen LogP contribution < -0.4 is 0 Å². The van der Waals surface area contributed by atoms with Gasteiger partial charge in [-0.2, -0.15) is 0 Å². The van der Waals surface area contributed by atoms with Crippen molar-refractivity contribution in [2.24, 2.45) is 5.92 Å². The SMILES string of the molecule is CCc1ccc(Cc2cc(C3CC(COCc4ccccc4)CC(OCc4ccccc4)C3)ccc2Cl)cc1. The summed E-state index contributed by atoms with van der Waals surface area (Å²) in [5.41, 5.74) is 7.66. The van der Waals surface area contributed by atoms with E-state index in [0.29, 0.717) is 25.0 Å². The van der Waals surface area contributed by atoms with E-state index in [0.717, 1.165) is 43.7 Å². The fourth-order valence-corrected chi connectivity index (χ4v) is 5.91. The number of hydrogen-bond donors (Lipinski definition) is 0. The molecule has 3 atom stereocenters. The Bertz CT molecular complexity index is 1290. The van der Waals surface area contributed by atoms with Crippen LogP contribution in [-0.2, 0) is 35.5 Å². The van der Waals surface area contributed by atoms with Crippen molar-refractivity contribution < 1.29 is 9.47 Å². The Balaban J connectivity index is 1.29. The van der Waals surface area contributed by atoms with Gasteiger partial charge in [-0.05, 0) is 83.4 Å². The third-order valence-electron chi connectivity index (χ3n) is 7.92. The van der Waals surface area contributed by atoms with Gasteiger partial charge in [0, 0.05) is 11.6 Å². The van der Waals surface area contributed by atoms with Crippen LogP contribution in [0, 0.1) is 5.92 Å². The van der Waals surface area contributed by atoms with Gasteiger partial charge in [0.15, 0.2) is 0 Å². The van der Waals surface area contributed by atoms with Crippen molar-refractivity contribution in [2.45, 2.75) is 64.3 Å². The maximum Gasteiger partial charge on any atom is 0.0720 e. The molecular weight excluding hydrogens is 500 g/mol. The van der Waals surface area contributed by atoms with Gasteiger partial charge in [-0.1, -0.05) is 116 Å². The molecule has 4 aromatic carbocycles. The lowest BCUT2D eigenvalue weighted by atomic mass is 9.76. The molecule has 39 heavy (non-hydrogen) atoms. The first kappa shape index (κ1) is 27.6. The summed E-state index contributed by atoms with van der Waals surface area (Å²) in [7, 11) is 0. The van der Waals surface area contributed by atoms with Crippen LogP contribution in [0.2, 0.25) is 5.02 Å². The van der Waals surface area contributed by atoms with Crippen molar-refractivity contribution >= 4 is 11.6 Å². The van der Waals surface area contributed by atoms with Crippen LogP contribution in [0.15, 0.2) is 103 Å². The lowest BCUT2D eigenvalue weighted by Gasteiger charge is -2.35. The molecule has 0 aliphatic heterocycles. The molecule has 3 unspecified atom stereocenters. The molecule has 202 valence electrons. The van der Waals surface area contributed by atoms with Gasteiger partial charge in [0.1, 0.15) is 0 Å². The smallest absolute Gasteiger partial charge is 0.0720 e. The Kier molecular flexibility index (Phi) is 9.88. The molecule has 3 heteroatoms. The molecular formula is C36H39ClO2. The Labute approximate surface area is 239 Å². The Hall–Kier alpha value is -2.91. The van der Waals surface area contributed by atoms with E-state index >= 15 is 0 Å². The molecule has 4 aromatic rings. The second-order valence-corrected chi connectivity index (χ2v) is 11.3. The molecule has 0 amide bonds. The van der Waals surface area contributed by atoms with E-state index in [1.807, 2.05) is 6.07 Å². The molecule has 1 aliphatic rings. The van der Waals surface area contributed by atoms with Crippen LogP contribution in [-0.4, -0.2) is 12.7 Å². The summed E-state index contributed by atoms with van der Waals surface area (Å²) in [6.45, 7) is 4.24. The first-order chi connectivity index (χ1) is 19.2. The zero-order valence-corrected chi connectivity index (χ0v) is 23.7. The fourth-order valence-electron chi connectivity index (χ4n) is 5.73. The van der Waals surface area contributed by atoms with E-state index in [1.165, 1.54) is 33.4 Å². The second kappa shape index (κ2) is 13.9. The number of hydrogen-bond acceptors (Lipinski definition) is 2. The molecule has 0 N–H and O–H groups in total. The van der Waals surface area contributed by atoms with E-state index in [9.17, 15) is 0 Å². The van der Waals surface area contributed by atoms with Gasteiger partial charge in [0.05, 0.1) is 19.3 Å². The Morgan fingerprint density at radius 2 is 1.36 bits per heavy atom. The summed E-state index contributed by atoms with van der Waals surface area (Å²) in [5, 5.41) is 0.841. The van der Waals surface area contributed by atoms with Crippen molar-refractivity contribution in [2.75, 3.05) is 6.61 Å². The number of benzene rings is 4. The maximum absolute atomic E-state index is 6.70. The lowest BCUT2D eigenvalue weighted by molar-refractivity contribution is -0.0238. The van der Waals surface area contributed by atoms with Crippen molar-refractivity contribution in [1.82, 2.24) is 0 Å². The second-order valence-electron chi connectivity index (χ2n) is 10.9. The standard InChI is InChI=1S/C36H39ClO2/c1-2-27-13-15-28(16-14-27)19-34-22-32(17-18-36(34)37)33-20-31(25-38-24-29-9-5-3-6-10-29)21-35(23-33)39-26-30-11-7-4-8-12-30/h3-18,22,31,33,35H,2,19-21,23-26H2,1H3. The van der Waals surface area contributed by atoms with Crippen LogP contribution in [0.1, 0.15) is 65.5 Å². The summed E-state index contributed by atoms with van der Waals surface area (Å²) in [6.07, 6.45) is 5.26. The highest BCUT2D eigenvalue weighted by Gasteiger charge is 2.31. The van der Waals surface area contributed by atoms with Gasteiger partial charge < -0.3 is 9.47 Å². The minimum Gasteiger partial charge on any atom is -0.376 e. The van der Waals surface area contributed by atoms with Gasteiger partial charge in [-0.25, -0.2) is 0 Å². The molecule has 5 rings (SSSR count). The summed E-state index contributed by atoms with van der Waals surface area (Å²) >= 11 is 6.70.